The number of hydrogen-bond donors (Lipinski definition) is 0. The average molecular weight is 392 g/mol. The Morgan fingerprint density at radius 3 is 2.62 bits per heavy atom. The van der Waals surface area contributed by atoms with Crippen LogP contribution in [0.4, 0.5) is 5.69 Å². The van der Waals surface area contributed by atoms with E-state index in [4.69, 9.17) is 21.7 Å². The first kappa shape index (κ1) is 17.3. The number of fused-ring (bicyclic) bond motifs is 1. The Hall–Kier alpha value is -2.13. The van der Waals surface area contributed by atoms with Gasteiger partial charge in [0.05, 0.1) is 21.5 Å². The molecule has 0 aromatic heterocycles. The van der Waals surface area contributed by atoms with Crippen LogP contribution in [0.15, 0.2) is 17.0 Å². The Balaban J connectivity index is 1.67. The molecule has 4 rings (SSSR count). The van der Waals surface area contributed by atoms with Crippen LogP contribution in [0.3, 0.4) is 0 Å². The summed E-state index contributed by atoms with van der Waals surface area (Å²) < 4.78 is 11.0. The van der Waals surface area contributed by atoms with E-state index in [9.17, 15) is 14.9 Å². The highest BCUT2D eigenvalue weighted by Gasteiger charge is 2.38. The maximum atomic E-state index is 12.9. The molecule has 2 fully saturated rings. The number of nitrogens with zero attached hydrogens (tertiary/aromatic N) is 2. The SMILES string of the molecule is O=C1/C(=C/c2cc3c(cc2[N+](=O)[O-])OCO3)SC(=S)N1C1CCCCC1. The van der Waals surface area contributed by atoms with E-state index in [0.717, 1.165) is 25.7 Å². The van der Waals surface area contributed by atoms with E-state index in [1.807, 2.05) is 0 Å². The minimum Gasteiger partial charge on any atom is -0.454 e. The lowest BCUT2D eigenvalue weighted by atomic mass is 9.94. The fraction of sp³-hybridized carbons (Fsp3) is 0.412. The van der Waals surface area contributed by atoms with Gasteiger partial charge in [0.25, 0.3) is 11.6 Å². The zero-order valence-corrected chi connectivity index (χ0v) is 15.4. The quantitative estimate of drug-likeness (QED) is 0.334. The number of nitro groups is 1. The van der Waals surface area contributed by atoms with Gasteiger partial charge in [0, 0.05) is 6.04 Å². The predicted octanol–water partition coefficient (Wildman–Crippen LogP) is 3.86. The summed E-state index contributed by atoms with van der Waals surface area (Å²) in [6.45, 7) is 0.0275. The van der Waals surface area contributed by atoms with Gasteiger partial charge in [-0.05, 0) is 25.0 Å². The van der Waals surface area contributed by atoms with Gasteiger partial charge in [-0.15, -0.1) is 0 Å². The van der Waals surface area contributed by atoms with Gasteiger partial charge in [-0.2, -0.15) is 0 Å². The molecule has 26 heavy (non-hydrogen) atoms. The molecule has 0 atom stereocenters. The molecule has 0 unspecified atom stereocenters. The van der Waals surface area contributed by atoms with Crippen molar-refractivity contribution in [2.45, 2.75) is 38.1 Å². The molecule has 136 valence electrons. The number of rotatable bonds is 3. The third-order valence-electron chi connectivity index (χ3n) is 4.77. The van der Waals surface area contributed by atoms with Crippen molar-refractivity contribution in [2.75, 3.05) is 6.79 Å². The molecule has 1 aliphatic carbocycles. The average Bonchev–Trinajstić information content (AvgIpc) is 3.19. The number of benzene rings is 1. The number of carbonyl (C=O) groups excluding carboxylic acids is 1. The van der Waals surface area contributed by atoms with Crippen LogP contribution < -0.4 is 9.47 Å². The first-order chi connectivity index (χ1) is 12.5. The number of amides is 1. The number of ether oxygens (including phenoxy) is 2. The first-order valence-corrected chi connectivity index (χ1v) is 9.62. The van der Waals surface area contributed by atoms with E-state index >= 15 is 0 Å². The van der Waals surface area contributed by atoms with Crippen molar-refractivity contribution >= 4 is 46.0 Å². The summed E-state index contributed by atoms with van der Waals surface area (Å²) in [6.07, 6.45) is 6.79. The molecule has 1 aromatic rings. The molecular formula is C17H16N2O5S2. The summed E-state index contributed by atoms with van der Waals surface area (Å²) in [5.41, 5.74) is 0.181. The molecule has 7 nitrogen and oxygen atoms in total. The van der Waals surface area contributed by atoms with Gasteiger partial charge in [0.15, 0.2) is 11.5 Å². The molecule has 0 spiro atoms. The van der Waals surface area contributed by atoms with Gasteiger partial charge in [-0.25, -0.2) is 0 Å². The molecule has 0 N–H and O–H groups in total. The van der Waals surface area contributed by atoms with E-state index in [1.54, 1.807) is 4.90 Å². The molecule has 1 saturated carbocycles. The lowest BCUT2D eigenvalue weighted by molar-refractivity contribution is -0.385. The summed E-state index contributed by atoms with van der Waals surface area (Å²) in [4.78, 5) is 25.9. The van der Waals surface area contributed by atoms with Gasteiger partial charge in [-0.3, -0.25) is 19.8 Å². The molecule has 1 amide bonds. The number of thioether (sulfide) groups is 1. The topological polar surface area (TPSA) is 81.9 Å². The van der Waals surface area contributed by atoms with Gasteiger partial charge < -0.3 is 9.47 Å². The van der Waals surface area contributed by atoms with Crippen LogP contribution in [0.25, 0.3) is 6.08 Å². The summed E-state index contributed by atoms with van der Waals surface area (Å²) >= 11 is 6.60. The highest BCUT2D eigenvalue weighted by molar-refractivity contribution is 8.26. The molecule has 0 radical (unpaired) electrons. The van der Waals surface area contributed by atoms with Gasteiger partial charge in [0.1, 0.15) is 4.32 Å². The second-order valence-electron chi connectivity index (χ2n) is 6.36. The number of thiocarbonyl (C=S) groups is 1. The molecular weight excluding hydrogens is 376 g/mol. The van der Waals surface area contributed by atoms with Crippen molar-refractivity contribution in [2.24, 2.45) is 0 Å². The highest BCUT2D eigenvalue weighted by atomic mass is 32.2. The Labute approximate surface area is 159 Å². The van der Waals surface area contributed by atoms with E-state index in [-0.39, 0.29) is 24.4 Å². The lowest BCUT2D eigenvalue weighted by Gasteiger charge is -2.29. The van der Waals surface area contributed by atoms with Crippen molar-refractivity contribution in [3.63, 3.8) is 0 Å². The minimum atomic E-state index is -0.490. The lowest BCUT2D eigenvalue weighted by Crippen LogP contribution is -2.39. The van der Waals surface area contributed by atoms with Crippen molar-refractivity contribution in [3.8, 4) is 11.5 Å². The maximum absolute atomic E-state index is 12.9. The van der Waals surface area contributed by atoms with Crippen LogP contribution >= 0.6 is 24.0 Å². The van der Waals surface area contributed by atoms with Gasteiger partial charge in [0.2, 0.25) is 6.79 Å². The second-order valence-corrected chi connectivity index (χ2v) is 8.04. The second kappa shape index (κ2) is 6.88. The first-order valence-electron chi connectivity index (χ1n) is 8.39. The highest BCUT2D eigenvalue weighted by Crippen LogP contribution is 2.42. The number of nitro benzene ring substituents is 1. The molecule has 1 saturated heterocycles. The van der Waals surface area contributed by atoms with E-state index < -0.39 is 4.92 Å². The third-order valence-corrected chi connectivity index (χ3v) is 6.10. The van der Waals surface area contributed by atoms with Crippen LogP contribution in [0.5, 0.6) is 11.5 Å². The van der Waals surface area contributed by atoms with Crippen LogP contribution in [0.2, 0.25) is 0 Å². The van der Waals surface area contributed by atoms with Gasteiger partial charge >= 0.3 is 0 Å². The van der Waals surface area contributed by atoms with Crippen LogP contribution in [0, 0.1) is 10.1 Å². The smallest absolute Gasteiger partial charge is 0.280 e. The molecule has 2 aliphatic heterocycles. The predicted molar refractivity (Wildman–Crippen MR) is 101 cm³/mol. The fourth-order valence-corrected chi connectivity index (χ4v) is 4.89. The Bertz CT molecular complexity index is 833. The van der Waals surface area contributed by atoms with E-state index in [1.165, 1.54) is 36.4 Å². The molecule has 3 aliphatic rings. The summed E-state index contributed by atoms with van der Waals surface area (Å²) in [7, 11) is 0. The number of carbonyl (C=O) groups is 1. The zero-order chi connectivity index (χ0) is 18.3. The Kier molecular flexibility index (Phi) is 4.58. The third kappa shape index (κ3) is 3.05. The fourth-order valence-electron chi connectivity index (χ4n) is 3.50. The largest absolute Gasteiger partial charge is 0.454 e. The van der Waals surface area contributed by atoms with Crippen molar-refractivity contribution < 1.29 is 19.2 Å². The van der Waals surface area contributed by atoms with Crippen molar-refractivity contribution in [1.82, 2.24) is 4.90 Å². The van der Waals surface area contributed by atoms with Crippen LogP contribution in [0.1, 0.15) is 37.7 Å². The normalized spacial score (nSPS) is 21.7. The Morgan fingerprint density at radius 2 is 1.92 bits per heavy atom. The summed E-state index contributed by atoms with van der Waals surface area (Å²) in [5.74, 6) is 0.604. The Morgan fingerprint density at radius 1 is 1.23 bits per heavy atom. The van der Waals surface area contributed by atoms with E-state index in [0.29, 0.717) is 26.3 Å². The maximum Gasteiger partial charge on any atom is 0.280 e. The summed E-state index contributed by atoms with van der Waals surface area (Å²) in [6, 6.07) is 3.00. The monoisotopic (exact) mass is 392 g/mol. The van der Waals surface area contributed by atoms with Crippen molar-refractivity contribution in [1.29, 1.82) is 0 Å². The van der Waals surface area contributed by atoms with E-state index in [2.05, 4.69) is 0 Å². The van der Waals surface area contributed by atoms with Gasteiger partial charge in [-0.1, -0.05) is 43.2 Å². The number of hydrogen-bond acceptors (Lipinski definition) is 7. The van der Waals surface area contributed by atoms with Crippen LogP contribution in [-0.4, -0.2) is 32.9 Å². The minimum absolute atomic E-state index is 0.0275. The van der Waals surface area contributed by atoms with Crippen LogP contribution in [-0.2, 0) is 4.79 Å². The van der Waals surface area contributed by atoms with Crippen molar-refractivity contribution in [3.05, 3.63) is 32.7 Å². The summed E-state index contributed by atoms with van der Waals surface area (Å²) in [5, 5.41) is 11.4. The zero-order valence-electron chi connectivity index (χ0n) is 13.8. The molecule has 2 heterocycles. The molecule has 1 aromatic carbocycles. The molecule has 9 heteroatoms. The standard InChI is InChI=1S/C17H16N2O5S2/c20-16-15(26-17(25)18(16)11-4-2-1-3-5-11)7-10-6-13-14(24-9-23-13)8-12(10)19(21)22/h6-8,11H,1-5,9H2/b15-7-. The molecule has 0 bridgehead atoms.